The Balaban J connectivity index is 2.06. The van der Waals surface area contributed by atoms with Gasteiger partial charge in [-0.05, 0) is 27.7 Å². The number of nitrogens with one attached hydrogen (secondary N) is 1. The smallest absolute Gasteiger partial charge is 0.242 e. The summed E-state index contributed by atoms with van der Waals surface area (Å²) in [6.45, 7) is 6.87. The second-order valence-corrected chi connectivity index (χ2v) is 6.07. The number of nitrogens with zero attached hydrogens (tertiary/aromatic N) is 4. The quantitative estimate of drug-likeness (QED) is 0.794. The van der Waals surface area contributed by atoms with Crippen molar-refractivity contribution in [2.75, 3.05) is 5.73 Å². The summed E-state index contributed by atoms with van der Waals surface area (Å²) in [5, 5.41) is 15.7. The van der Waals surface area contributed by atoms with Crippen molar-refractivity contribution in [2.45, 2.75) is 40.3 Å². The Labute approximate surface area is 131 Å². The van der Waals surface area contributed by atoms with Gasteiger partial charge in [0.1, 0.15) is 11.6 Å². The largest absolute Gasteiger partial charge is 0.374 e. The van der Waals surface area contributed by atoms with E-state index >= 15 is 0 Å². The Bertz CT molecular complexity index is 720. The zero-order valence-electron chi connectivity index (χ0n) is 12.9. The highest BCUT2D eigenvalue weighted by Crippen LogP contribution is 2.19. The lowest BCUT2D eigenvalue weighted by atomic mass is 10.1. The highest BCUT2D eigenvalue weighted by atomic mass is 32.1. The van der Waals surface area contributed by atoms with Crippen molar-refractivity contribution in [1.29, 1.82) is 0 Å². The van der Waals surface area contributed by atoms with Crippen molar-refractivity contribution in [3.63, 3.8) is 0 Å². The van der Waals surface area contributed by atoms with Crippen LogP contribution in [0.2, 0.25) is 0 Å². The number of carbonyl (C=O) groups is 2. The average Bonchev–Trinajstić information content (AvgIpc) is 2.94. The average molecular weight is 322 g/mol. The molecular weight excluding hydrogens is 304 g/mol. The van der Waals surface area contributed by atoms with Crippen LogP contribution in [0.3, 0.4) is 0 Å². The lowest BCUT2D eigenvalue weighted by Gasteiger charge is -2.11. The molecule has 3 N–H and O–H groups in total. The van der Waals surface area contributed by atoms with Gasteiger partial charge in [-0.25, -0.2) is 0 Å². The molecule has 0 bridgehead atoms. The molecule has 0 aromatic carbocycles. The molecule has 8 nitrogen and oxygen atoms in total. The number of hydrogen-bond acceptors (Lipinski definition) is 7. The van der Waals surface area contributed by atoms with E-state index in [0.29, 0.717) is 27.1 Å². The van der Waals surface area contributed by atoms with Gasteiger partial charge >= 0.3 is 0 Å². The third-order valence-corrected chi connectivity index (χ3v) is 4.17. The molecule has 0 aliphatic heterocycles. The zero-order valence-corrected chi connectivity index (χ0v) is 13.7. The molecular formula is C13H18N6O2S. The van der Waals surface area contributed by atoms with Gasteiger partial charge < -0.3 is 11.1 Å². The fourth-order valence-corrected chi connectivity index (χ4v) is 2.88. The van der Waals surface area contributed by atoms with Crippen LogP contribution >= 0.6 is 11.3 Å². The summed E-state index contributed by atoms with van der Waals surface area (Å²) in [4.78, 5) is 23.7. The maximum Gasteiger partial charge on any atom is 0.242 e. The second-order valence-electron chi connectivity index (χ2n) is 5.03. The van der Waals surface area contributed by atoms with Crippen molar-refractivity contribution >= 4 is 28.2 Å². The Morgan fingerprint density at radius 1 is 1.36 bits per heavy atom. The molecule has 1 amide bonds. The predicted octanol–water partition coefficient (Wildman–Crippen LogP) is 1.01. The molecule has 2 rings (SSSR count). The molecule has 0 spiro atoms. The maximum absolute atomic E-state index is 12.1. The van der Waals surface area contributed by atoms with Crippen LogP contribution in [-0.2, 0) is 11.3 Å². The van der Waals surface area contributed by atoms with Crippen LogP contribution < -0.4 is 11.1 Å². The molecule has 0 fully saturated rings. The third kappa shape index (κ3) is 3.30. The van der Waals surface area contributed by atoms with E-state index in [1.165, 1.54) is 22.9 Å². The molecule has 2 aromatic heterocycles. The molecule has 0 radical (unpaired) electrons. The van der Waals surface area contributed by atoms with Crippen LogP contribution in [0.15, 0.2) is 0 Å². The minimum absolute atomic E-state index is 0.0403. The normalized spacial score (nSPS) is 12.2. The summed E-state index contributed by atoms with van der Waals surface area (Å²) in [5.41, 5.74) is 7.41. The summed E-state index contributed by atoms with van der Waals surface area (Å²) in [5.74, 6) is -0.277. The number of ketones is 1. The Morgan fingerprint density at radius 3 is 2.55 bits per heavy atom. The zero-order chi connectivity index (χ0) is 16.4. The number of hydrogen-bond donors (Lipinski definition) is 2. The van der Waals surface area contributed by atoms with Gasteiger partial charge in [0.15, 0.2) is 5.78 Å². The van der Waals surface area contributed by atoms with E-state index in [1.807, 2.05) is 0 Å². The molecule has 1 atom stereocenters. The van der Waals surface area contributed by atoms with E-state index in [9.17, 15) is 9.59 Å². The predicted molar refractivity (Wildman–Crippen MR) is 82.6 cm³/mol. The van der Waals surface area contributed by atoms with Crippen LogP contribution in [0.25, 0.3) is 0 Å². The standard InChI is InChI=1S/C13H18N6O2S/c1-6-11(9(4)20)8(3)19(18-6)5-10(21)15-7(2)12-16-17-13(14)22-12/h7H,5H2,1-4H3,(H2,14,17)(H,15,21)/t7-/m0/s1. The fraction of sp³-hybridized carbons (Fsp3) is 0.462. The molecule has 2 aromatic rings. The number of rotatable bonds is 5. The summed E-state index contributed by atoms with van der Waals surface area (Å²) >= 11 is 1.23. The first-order valence-electron chi connectivity index (χ1n) is 6.72. The first-order valence-corrected chi connectivity index (χ1v) is 7.54. The fourth-order valence-electron chi connectivity index (χ4n) is 2.27. The van der Waals surface area contributed by atoms with Crippen LogP contribution in [0, 0.1) is 13.8 Å². The minimum atomic E-state index is -0.286. The summed E-state index contributed by atoms with van der Waals surface area (Å²) in [6.07, 6.45) is 0. The first-order chi connectivity index (χ1) is 10.3. The lowest BCUT2D eigenvalue weighted by Crippen LogP contribution is -2.30. The molecule has 22 heavy (non-hydrogen) atoms. The molecule has 118 valence electrons. The van der Waals surface area contributed by atoms with Gasteiger partial charge in [0.2, 0.25) is 11.0 Å². The molecule has 0 aliphatic carbocycles. The maximum atomic E-state index is 12.1. The molecule has 0 aliphatic rings. The van der Waals surface area contributed by atoms with Gasteiger partial charge in [-0.3, -0.25) is 14.3 Å². The number of carbonyl (C=O) groups excluding carboxylic acids is 2. The second kappa shape index (κ2) is 6.22. The van der Waals surface area contributed by atoms with Gasteiger partial charge in [-0.1, -0.05) is 11.3 Å². The number of nitrogens with two attached hydrogens (primary N) is 1. The number of Topliss-reactive ketones (excluding diaryl/α,β-unsaturated/α-hetero) is 1. The number of aryl methyl sites for hydroxylation is 1. The van der Waals surface area contributed by atoms with Gasteiger partial charge in [-0.2, -0.15) is 5.10 Å². The van der Waals surface area contributed by atoms with E-state index in [0.717, 1.165) is 0 Å². The Morgan fingerprint density at radius 2 is 2.05 bits per heavy atom. The molecule has 0 saturated heterocycles. The SMILES string of the molecule is CC(=O)c1c(C)nn(CC(=O)N[C@@H](C)c2nnc(N)s2)c1C. The van der Waals surface area contributed by atoms with E-state index < -0.39 is 0 Å². The number of nitrogen functional groups attached to an aromatic ring is 1. The summed E-state index contributed by atoms with van der Waals surface area (Å²) < 4.78 is 1.53. The minimum Gasteiger partial charge on any atom is -0.374 e. The molecule has 9 heteroatoms. The van der Waals surface area contributed by atoms with Gasteiger partial charge in [0.05, 0.1) is 17.3 Å². The molecule has 0 unspecified atom stereocenters. The van der Waals surface area contributed by atoms with E-state index in [4.69, 9.17) is 5.73 Å². The van der Waals surface area contributed by atoms with E-state index in [1.54, 1.807) is 20.8 Å². The van der Waals surface area contributed by atoms with Crippen LogP contribution in [0.4, 0.5) is 5.13 Å². The highest BCUT2D eigenvalue weighted by molar-refractivity contribution is 7.15. The molecule has 2 heterocycles. The van der Waals surface area contributed by atoms with Crippen molar-refractivity contribution < 1.29 is 9.59 Å². The number of anilines is 1. The molecule has 0 saturated carbocycles. The van der Waals surface area contributed by atoms with Crippen molar-refractivity contribution in [1.82, 2.24) is 25.3 Å². The van der Waals surface area contributed by atoms with Gasteiger partial charge in [-0.15, -0.1) is 10.2 Å². The van der Waals surface area contributed by atoms with Crippen LogP contribution in [-0.4, -0.2) is 31.7 Å². The Kier molecular flexibility index (Phi) is 4.55. The third-order valence-electron chi connectivity index (χ3n) is 3.23. The first kappa shape index (κ1) is 16.1. The van der Waals surface area contributed by atoms with Gasteiger partial charge in [0, 0.05) is 5.69 Å². The van der Waals surface area contributed by atoms with Crippen molar-refractivity contribution in [3.8, 4) is 0 Å². The lowest BCUT2D eigenvalue weighted by molar-refractivity contribution is -0.122. The Hall–Kier alpha value is -2.29. The summed E-state index contributed by atoms with van der Waals surface area (Å²) in [6, 6.07) is -0.286. The number of amides is 1. The monoisotopic (exact) mass is 322 g/mol. The van der Waals surface area contributed by atoms with Crippen LogP contribution in [0.5, 0.6) is 0 Å². The van der Waals surface area contributed by atoms with Crippen molar-refractivity contribution in [2.24, 2.45) is 0 Å². The van der Waals surface area contributed by atoms with Crippen molar-refractivity contribution in [3.05, 3.63) is 22.0 Å². The topological polar surface area (TPSA) is 116 Å². The van der Waals surface area contributed by atoms with Gasteiger partial charge in [0.25, 0.3) is 0 Å². The summed E-state index contributed by atoms with van der Waals surface area (Å²) in [7, 11) is 0. The highest BCUT2D eigenvalue weighted by Gasteiger charge is 2.18. The van der Waals surface area contributed by atoms with Crippen LogP contribution in [0.1, 0.15) is 46.6 Å². The van der Waals surface area contributed by atoms with E-state index in [2.05, 4.69) is 20.6 Å². The van der Waals surface area contributed by atoms with E-state index in [-0.39, 0.29) is 24.3 Å². The number of aromatic nitrogens is 4.